The van der Waals surface area contributed by atoms with E-state index in [0.29, 0.717) is 55.8 Å². The van der Waals surface area contributed by atoms with E-state index < -0.39 is 0 Å². The maximum absolute atomic E-state index is 14.0. The minimum absolute atomic E-state index is 0.0263. The Bertz CT molecular complexity index is 1180. The van der Waals surface area contributed by atoms with Gasteiger partial charge in [0.15, 0.2) is 5.69 Å². The number of benzene rings is 1. The molecule has 0 saturated carbocycles. The summed E-state index contributed by atoms with van der Waals surface area (Å²) < 4.78 is 14.0. The van der Waals surface area contributed by atoms with Gasteiger partial charge in [-0.25, -0.2) is 4.39 Å². The Hall–Kier alpha value is -2.99. The van der Waals surface area contributed by atoms with Crippen molar-refractivity contribution in [2.24, 2.45) is 0 Å². The first-order valence-electron chi connectivity index (χ1n) is 11.7. The smallest absolute Gasteiger partial charge is 0.274 e. The summed E-state index contributed by atoms with van der Waals surface area (Å²) in [5, 5.41) is 7.94. The fourth-order valence-electron chi connectivity index (χ4n) is 5.01. The lowest BCUT2D eigenvalue weighted by atomic mass is 9.89. The molecule has 3 aliphatic rings. The van der Waals surface area contributed by atoms with E-state index in [1.54, 1.807) is 17.0 Å². The van der Waals surface area contributed by atoms with Crippen LogP contribution in [0.1, 0.15) is 46.1 Å². The molecule has 34 heavy (non-hydrogen) atoms. The number of carbonyl (C=O) groups is 2. The summed E-state index contributed by atoms with van der Waals surface area (Å²) in [6.07, 6.45) is 7.97. The number of likely N-dealkylation sites (N-methyl/N-ethyl adjacent to an activating group) is 1. The van der Waals surface area contributed by atoms with Gasteiger partial charge in [0.2, 0.25) is 0 Å². The molecule has 1 atom stereocenters. The van der Waals surface area contributed by atoms with Gasteiger partial charge >= 0.3 is 0 Å². The van der Waals surface area contributed by atoms with Gasteiger partial charge < -0.3 is 14.7 Å². The van der Waals surface area contributed by atoms with Gasteiger partial charge in [0.05, 0.1) is 6.54 Å². The Morgan fingerprint density at radius 2 is 1.94 bits per heavy atom. The molecule has 7 nitrogen and oxygen atoms in total. The zero-order valence-electron chi connectivity index (χ0n) is 19.3. The predicted molar refractivity (Wildman–Crippen MR) is 131 cm³/mol. The van der Waals surface area contributed by atoms with Crippen molar-refractivity contribution < 1.29 is 14.0 Å². The highest BCUT2D eigenvalue weighted by Crippen LogP contribution is 2.30. The number of carbonyl (C=O) groups excluding carboxylic acids is 2. The van der Waals surface area contributed by atoms with Crippen molar-refractivity contribution in [1.29, 1.82) is 0 Å². The summed E-state index contributed by atoms with van der Waals surface area (Å²) in [5.74, 6) is -0.107. The molecule has 1 aromatic heterocycles. The van der Waals surface area contributed by atoms with Gasteiger partial charge in [-0.1, -0.05) is 24.3 Å². The second kappa shape index (κ2) is 9.34. The van der Waals surface area contributed by atoms with Crippen LogP contribution in [-0.4, -0.2) is 69.9 Å². The fourth-order valence-corrected chi connectivity index (χ4v) is 5.19. The van der Waals surface area contributed by atoms with E-state index in [4.69, 9.17) is 0 Å². The van der Waals surface area contributed by atoms with Gasteiger partial charge in [0.25, 0.3) is 11.8 Å². The van der Waals surface area contributed by atoms with Crippen LogP contribution in [0.5, 0.6) is 0 Å². The number of aromatic amines is 1. The molecule has 5 rings (SSSR count). The molecule has 1 fully saturated rings. The van der Waals surface area contributed by atoms with Crippen molar-refractivity contribution in [3.8, 4) is 0 Å². The number of nitrogens with zero attached hydrogens (tertiary/aromatic N) is 4. The molecule has 0 aliphatic carbocycles. The summed E-state index contributed by atoms with van der Waals surface area (Å²) in [6, 6.07) is 5.36. The predicted octanol–water partition coefficient (Wildman–Crippen LogP) is 2.34. The van der Waals surface area contributed by atoms with E-state index in [0.717, 1.165) is 29.7 Å². The number of hydrogen-bond acceptors (Lipinski definition) is 4. The number of likely N-dealkylation sites (tertiary alicyclic amines) is 1. The lowest BCUT2D eigenvalue weighted by Crippen LogP contribution is -2.42. The van der Waals surface area contributed by atoms with Crippen LogP contribution >= 0.6 is 9.24 Å². The molecule has 0 spiro atoms. The van der Waals surface area contributed by atoms with Gasteiger partial charge in [0, 0.05) is 56.2 Å². The highest BCUT2D eigenvalue weighted by atomic mass is 31.0. The summed E-state index contributed by atoms with van der Waals surface area (Å²) in [5.41, 5.74) is 3.81. The Kier molecular flexibility index (Phi) is 6.26. The standard InChI is InChI=1S/C25H29FN5O2P/c1-29-10-3-2-4-21(29)24(32)31-13-9-20-18(15-31)23(28-27-20)25(33)30-11-7-16(8-12-30)17-5-6-22(34)19(26)14-17/h2-6,14,16H,7-13,15,34H2,1H3,(H,27,28). The molecule has 1 unspecified atom stereocenters. The van der Waals surface area contributed by atoms with Crippen molar-refractivity contribution in [1.82, 2.24) is 24.9 Å². The van der Waals surface area contributed by atoms with E-state index in [-0.39, 0.29) is 23.5 Å². The fraction of sp³-hybridized carbons (Fsp3) is 0.400. The van der Waals surface area contributed by atoms with Gasteiger partial charge in [0.1, 0.15) is 11.5 Å². The molecule has 3 aliphatic heterocycles. The number of nitrogens with one attached hydrogen (secondary N) is 1. The number of hydrogen-bond donors (Lipinski definition) is 1. The maximum atomic E-state index is 14.0. The molecule has 9 heteroatoms. The monoisotopic (exact) mass is 481 g/mol. The lowest BCUT2D eigenvalue weighted by molar-refractivity contribution is -0.129. The molecule has 1 saturated heterocycles. The van der Waals surface area contributed by atoms with E-state index in [9.17, 15) is 14.0 Å². The van der Waals surface area contributed by atoms with Crippen LogP contribution in [0.2, 0.25) is 0 Å². The van der Waals surface area contributed by atoms with Crippen LogP contribution in [-0.2, 0) is 17.8 Å². The number of aromatic nitrogens is 2. The van der Waals surface area contributed by atoms with Crippen molar-refractivity contribution in [3.63, 3.8) is 0 Å². The van der Waals surface area contributed by atoms with Crippen LogP contribution in [0, 0.1) is 5.82 Å². The van der Waals surface area contributed by atoms with Crippen LogP contribution in [0.25, 0.3) is 0 Å². The average Bonchev–Trinajstić information content (AvgIpc) is 3.28. The molecule has 0 radical (unpaired) electrons. The first-order valence-corrected chi connectivity index (χ1v) is 12.3. The molecule has 178 valence electrons. The highest BCUT2D eigenvalue weighted by Gasteiger charge is 2.33. The zero-order valence-corrected chi connectivity index (χ0v) is 20.4. The maximum Gasteiger partial charge on any atom is 0.274 e. The molecule has 1 N–H and O–H groups in total. The first-order chi connectivity index (χ1) is 16.4. The van der Waals surface area contributed by atoms with Crippen molar-refractivity contribution >= 4 is 26.4 Å². The Balaban J connectivity index is 1.26. The number of amides is 2. The topological polar surface area (TPSA) is 72.5 Å². The molecular formula is C25H29FN5O2P. The summed E-state index contributed by atoms with van der Waals surface area (Å²) in [6.45, 7) is 2.87. The van der Waals surface area contributed by atoms with E-state index >= 15 is 0 Å². The van der Waals surface area contributed by atoms with Crippen molar-refractivity contribution in [3.05, 3.63) is 70.5 Å². The molecule has 2 amide bonds. The Morgan fingerprint density at radius 3 is 2.68 bits per heavy atom. The third kappa shape index (κ3) is 4.27. The summed E-state index contributed by atoms with van der Waals surface area (Å²) in [7, 11) is 4.31. The first kappa shape index (κ1) is 22.8. The average molecular weight is 482 g/mol. The third-order valence-electron chi connectivity index (χ3n) is 7.10. The van der Waals surface area contributed by atoms with Gasteiger partial charge in [-0.3, -0.25) is 14.7 Å². The minimum Gasteiger partial charge on any atom is -0.366 e. The summed E-state index contributed by atoms with van der Waals surface area (Å²) in [4.78, 5) is 32.0. The normalized spacial score (nSPS) is 18.7. The van der Waals surface area contributed by atoms with Crippen LogP contribution in [0.3, 0.4) is 0 Å². The summed E-state index contributed by atoms with van der Waals surface area (Å²) >= 11 is 0. The number of piperidine rings is 1. The molecule has 4 heterocycles. The number of H-pyrrole nitrogens is 1. The second-order valence-corrected chi connectivity index (χ2v) is 9.84. The Labute approximate surface area is 200 Å². The number of fused-ring (bicyclic) bond motifs is 1. The lowest BCUT2D eigenvalue weighted by Gasteiger charge is -2.33. The van der Waals surface area contributed by atoms with Gasteiger partial charge in [-0.2, -0.15) is 5.10 Å². The van der Waals surface area contributed by atoms with Crippen LogP contribution in [0.4, 0.5) is 4.39 Å². The van der Waals surface area contributed by atoms with E-state index in [1.165, 1.54) is 0 Å². The molecule has 1 aromatic carbocycles. The van der Waals surface area contributed by atoms with Gasteiger partial charge in [-0.05, 0) is 36.5 Å². The largest absolute Gasteiger partial charge is 0.366 e. The number of rotatable bonds is 3. The van der Waals surface area contributed by atoms with Gasteiger partial charge in [-0.15, -0.1) is 9.24 Å². The van der Waals surface area contributed by atoms with Crippen LogP contribution in [0.15, 0.2) is 42.1 Å². The Morgan fingerprint density at radius 1 is 1.15 bits per heavy atom. The number of halogens is 1. The quantitative estimate of drug-likeness (QED) is 0.684. The van der Waals surface area contributed by atoms with E-state index in [1.807, 2.05) is 41.1 Å². The van der Waals surface area contributed by atoms with Crippen molar-refractivity contribution in [2.75, 3.05) is 33.2 Å². The van der Waals surface area contributed by atoms with Crippen LogP contribution < -0.4 is 5.30 Å². The molecule has 2 aromatic rings. The minimum atomic E-state index is -0.213. The third-order valence-corrected chi connectivity index (χ3v) is 7.57. The molecule has 0 bridgehead atoms. The molecular weight excluding hydrogens is 452 g/mol. The van der Waals surface area contributed by atoms with E-state index in [2.05, 4.69) is 19.4 Å². The highest BCUT2D eigenvalue weighted by molar-refractivity contribution is 7.27. The van der Waals surface area contributed by atoms with Crippen molar-refractivity contribution in [2.45, 2.75) is 31.7 Å². The second-order valence-electron chi connectivity index (χ2n) is 9.21. The number of allylic oxidation sites excluding steroid dienone is 2. The SMILES string of the molecule is CN1CC=CC=C1C(=O)N1CCc2[nH]nc(C(=O)N3CCC(c4ccc(P)c(F)c4)CC3)c2C1. The zero-order chi connectivity index (χ0) is 23.8.